The van der Waals surface area contributed by atoms with Gasteiger partial charge in [-0.1, -0.05) is 48.5 Å². The van der Waals surface area contributed by atoms with Crippen molar-refractivity contribution in [2.24, 2.45) is 0 Å². The Morgan fingerprint density at radius 3 is 2.24 bits per heavy atom. The number of hydrogen-bond donors (Lipinski definition) is 1. The molecule has 0 unspecified atom stereocenters. The molecule has 0 fully saturated rings. The van der Waals surface area contributed by atoms with Crippen molar-refractivity contribution in [3.63, 3.8) is 0 Å². The van der Waals surface area contributed by atoms with E-state index in [1.165, 1.54) is 10.8 Å². The Morgan fingerprint density at radius 1 is 0.714 bits per heavy atom. The van der Waals surface area contributed by atoms with Crippen molar-refractivity contribution in [2.75, 3.05) is 0 Å². The van der Waals surface area contributed by atoms with Crippen LogP contribution in [0.25, 0.3) is 32.3 Å². The van der Waals surface area contributed by atoms with Crippen molar-refractivity contribution >= 4 is 40.0 Å². The van der Waals surface area contributed by atoms with Crippen LogP contribution in [-0.2, 0) is 0 Å². The highest BCUT2D eigenvalue weighted by atomic mass is 16.5. The van der Waals surface area contributed by atoms with Gasteiger partial charge in [-0.25, -0.2) is 0 Å². The van der Waals surface area contributed by atoms with Gasteiger partial charge in [0.2, 0.25) is 0 Å². The Morgan fingerprint density at radius 2 is 1.43 bits per heavy atom. The third-order valence-corrected chi connectivity index (χ3v) is 3.87. The quantitative estimate of drug-likeness (QED) is 0.338. The lowest BCUT2D eigenvalue weighted by Crippen LogP contribution is -2.00. The second-order valence-corrected chi connectivity index (χ2v) is 5.06. The Balaban J connectivity index is 2.18. The third kappa shape index (κ3) is 1.94. The largest absolute Gasteiger partial charge is 0.569 e. The van der Waals surface area contributed by atoms with Crippen LogP contribution in [0.4, 0.5) is 0 Å². The molecule has 0 spiro atoms. The molecule has 0 aliphatic heterocycles. The zero-order valence-corrected chi connectivity index (χ0v) is 11.3. The predicted molar refractivity (Wildman–Crippen MR) is 87.6 cm³/mol. The highest BCUT2D eigenvalue weighted by molar-refractivity contribution is 6.20. The molecule has 0 bridgehead atoms. The van der Waals surface area contributed by atoms with Crippen molar-refractivity contribution in [3.8, 4) is 5.75 Å². The maximum atomic E-state index is 8.98. The van der Waals surface area contributed by atoms with Gasteiger partial charge in [-0.05, 0) is 45.1 Å². The Bertz CT molecular complexity index is 963. The lowest BCUT2D eigenvalue weighted by Gasteiger charge is -2.11. The molecule has 0 aliphatic carbocycles. The lowest BCUT2D eigenvalue weighted by atomic mass is 9.97. The molecule has 3 heteroatoms. The zero-order valence-electron chi connectivity index (χ0n) is 11.3. The molecule has 4 rings (SSSR count). The molecule has 1 radical (unpaired) electrons. The molecule has 0 aromatic heterocycles. The Hall–Kier alpha value is -2.52. The van der Waals surface area contributed by atoms with Gasteiger partial charge in [0.1, 0.15) is 5.75 Å². The summed E-state index contributed by atoms with van der Waals surface area (Å²) in [5, 5.41) is 15.8. The monoisotopic (exact) mass is 271 g/mol. The van der Waals surface area contributed by atoms with Crippen LogP contribution in [0.1, 0.15) is 0 Å². The summed E-state index contributed by atoms with van der Waals surface area (Å²) in [4.78, 5) is 0. The SMILES string of the molecule is O[B]Oc1cccc2ccc3cc4ccccc4cc3c12. The average Bonchev–Trinajstić information content (AvgIpc) is 2.53. The molecular weight excluding hydrogens is 259 g/mol. The minimum absolute atomic E-state index is 0.663. The van der Waals surface area contributed by atoms with Crippen LogP contribution < -0.4 is 4.65 Å². The smallest absolute Gasteiger partial charge is 0.537 e. The van der Waals surface area contributed by atoms with E-state index in [1.54, 1.807) is 0 Å². The van der Waals surface area contributed by atoms with E-state index in [1.807, 2.05) is 30.3 Å². The van der Waals surface area contributed by atoms with Gasteiger partial charge in [0.05, 0.1) is 0 Å². The first-order valence-corrected chi connectivity index (χ1v) is 6.83. The van der Waals surface area contributed by atoms with Crippen LogP contribution in [0.2, 0.25) is 0 Å². The van der Waals surface area contributed by atoms with E-state index in [9.17, 15) is 0 Å². The number of hydrogen-bond acceptors (Lipinski definition) is 2. The fourth-order valence-electron chi connectivity index (χ4n) is 2.92. The van der Waals surface area contributed by atoms with E-state index in [-0.39, 0.29) is 0 Å². The van der Waals surface area contributed by atoms with Crippen LogP contribution >= 0.6 is 0 Å². The van der Waals surface area contributed by atoms with E-state index in [4.69, 9.17) is 9.68 Å². The molecule has 2 nitrogen and oxygen atoms in total. The topological polar surface area (TPSA) is 29.5 Å². The van der Waals surface area contributed by atoms with Crippen molar-refractivity contribution in [1.82, 2.24) is 0 Å². The van der Waals surface area contributed by atoms with Gasteiger partial charge in [0, 0.05) is 5.39 Å². The van der Waals surface area contributed by atoms with Gasteiger partial charge in [0.25, 0.3) is 0 Å². The van der Waals surface area contributed by atoms with E-state index in [0.717, 1.165) is 29.2 Å². The molecule has 4 aromatic rings. The summed E-state index contributed by atoms with van der Waals surface area (Å²) in [6, 6.07) is 22.7. The van der Waals surface area contributed by atoms with Crippen molar-refractivity contribution in [2.45, 2.75) is 0 Å². The summed E-state index contributed by atoms with van der Waals surface area (Å²) in [5.74, 6) is 0.663. The van der Waals surface area contributed by atoms with Gasteiger partial charge in [-0.15, -0.1) is 0 Å². The third-order valence-electron chi connectivity index (χ3n) is 3.87. The first-order valence-electron chi connectivity index (χ1n) is 6.83. The summed E-state index contributed by atoms with van der Waals surface area (Å²) >= 11 is 0. The summed E-state index contributed by atoms with van der Waals surface area (Å²) in [5.41, 5.74) is 0. The fraction of sp³-hybridized carbons (Fsp3) is 0. The Kier molecular flexibility index (Phi) is 2.79. The molecule has 0 atom stereocenters. The van der Waals surface area contributed by atoms with Crippen LogP contribution in [0.15, 0.2) is 66.7 Å². The van der Waals surface area contributed by atoms with Crippen molar-refractivity contribution in [3.05, 3.63) is 66.7 Å². The molecule has 1 N–H and O–H groups in total. The number of benzene rings is 4. The van der Waals surface area contributed by atoms with Crippen molar-refractivity contribution in [1.29, 1.82) is 0 Å². The summed E-state index contributed by atoms with van der Waals surface area (Å²) in [7, 11) is 0.731. The maximum Gasteiger partial charge on any atom is 0.569 e. The van der Waals surface area contributed by atoms with E-state index >= 15 is 0 Å². The lowest BCUT2D eigenvalue weighted by molar-refractivity contribution is 0.457. The van der Waals surface area contributed by atoms with Gasteiger partial charge in [-0.3, -0.25) is 0 Å². The summed E-state index contributed by atoms with van der Waals surface area (Å²) in [6.07, 6.45) is 0. The predicted octanol–water partition coefficient (Wildman–Crippen LogP) is 4.05. The molecule has 0 amide bonds. The normalized spacial score (nSPS) is 11.1. The first kappa shape index (κ1) is 12.2. The highest BCUT2D eigenvalue weighted by Gasteiger charge is 2.08. The molecule has 0 heterocycles. The second kappa shape index (κ2) is 4.79. The summed E-state index contributed by atoms with van der Waals surface area (Å²) < 4.78 is 5.27. The summed E-state index contributed by atoms with van der Waals surface area (Å²) in [6.45, 7) is 0. The molecule has 99 valence electrons. The minimum atomic E-state index is 0.663. The number of rotatable bonds is 2. The second-order valence-electron chi connectivity index (χ2n) is 5.06. The first-order chi connectivity index (χ1) is 10.4. The Labute approximate surface area is 122 Å². The van der Waals surface area contributed by atoms with Crippen molar-refractivity contribution < 1.29 is 9.68 Å². The zero-order chi connectivity index (χ0) is 14.2. The maximum absolute atomic E-state index is 8.98. The number of fused-ring (bicyclic) bond motifs is 4. The fourth-order valence-corrected chi connectivity index (χ4v) is 2.92. The van der Waals surface area contributed by atoms with Gasteiger partial charge < -0.3 is 9.68 Å². The van der Waals surface area contributed by atoms with Gasteiger partial charge >= 0.3 is 7.69 Å². The standard InChI is InChI=1S/C18H12BO2/c20-19-21-17-7-3-6-12-8-9-15-10-13-4-1-2-5-14(13)11-16(15)18(12)17/h1-11,20H. The molecule has 4 aromatic carbocycles. The van der Waals surface area contributed by atoms with Gasteiger partial charge in [0.15, 0.2) is 0 Å². The van der Waals surface area contributed by atoms with E-state index in [0.29, 0.717) is 5.75 Å². The molecule has 21 heavy (non-hydrogen) atoms. The molecular formula is C18H12BO2. The molecule has 0 saturated heterocycles. The minimum Gasteiger partial charge on any atom is -0.537 e. The molecule has 0 aliphatic rings. The van der Waals surface area contributed by atoms with E-state index in [2.05, 4.69) is 36.4 Å². The average molecular weight is 271 g/mol. The van der Waals surface area contributed by atoms with Crippen LogP contribution in [-0.4, -0.2) is 12.7 Å². The van der Waals surface area contributed by atoms with E-state index < -0.39 is 0 Å². The molecule has 0 saturated carbocycles. The highest BCUT2D eigenvalue weighted by Crippen LogP contribution is 2.34. The van der Waals surface area contributed by atoms with Crippen LogP contribution in [0.3, 0.4) is 0 Å². The van der Waals surface area contributed by atoms with Crippen LogP contribution in [0.5, 0.6) is 5.75 Å². The van der Waals surface area contributed by atoms with Gasteiger partial charge in [-0.2, -0.15) is 0 Å². The van der Waals surface area contributed by atoms with Crippen LogP contribution in [0, 0.1) is 0 Å².